The minimum absolute atomic E-state index is 0.0496. The number of benzene rings is 3. The Morgan fingerprint density at radius 2 is 1.67 bits per heavy atom. The number of nitrogens with zero attached hydrogens (tertiary/aromatic N) is 2. The molecule has 0 radical (unpaired) electrons. The van der Waals surface area contributed by atoms with Gasteiger partial charge in [-0.05, 0) is 54.2 Å². The molecule has 0 aliphatic carbocycles. The maximum atomic E-state index is 13.5. The number of para-hydroxylation sites is 1. The molecule has 1 N–H and O–H groups in total. The summed E-state index contributed by atoms with van der Waals surface area (Å²) in [6, 6.07) is 20.5. The summed E-state index contributed by atoms with van der Waals surface area (Å²) in [6.07, 6.45) is 0. The van der Waals surface area contributed by atoms with Crippen LogP contribution in [0.25, 0.3) is 16.0 Å². The molecule has 6 heteroatoms. The van der Waals surface area contributed by atoms with Crippen LogP contribution in [0.5, 0.6) is 0 Å². The van der Waals surface area contributed by atoms with E-state index in [9.17, 15) is 14.7 Å². The number of rotatable bonds is 3. The van der Waals surface area contributed by atoms with E-state index < -0.39 is 17.7 Å². The van der Waals surface area contributed by atoms with Crippen LogP contribution in [0.15, 0.2) is 72.3 Å². The number of aliphatic hydroxyl groups is 1. The summed E-state index contributed by atoms with van der Waals surface area (Å²) in [6.45, 7) is 10.2. The van der Waals surface area contributed by atoms with Crippen LogP contribution < -0.4 is 4.90 Å². The minimum atomic E-state index is -0.792. The molecule has 5 nitrogen and oxygen atoms in total. The molecule has 1 aromatic heterocycles. The molecule has 36 heavy (non-hydrogen) atoms. The summed E-state index contributed by atoms with van der Waals surface area (Å²) in [7, 11) is 0. The second-order valence-electron chi connectivity index (χ2n) is 10.3. The topological polar surface area (TPSA) is 70.5 Å². The van der Waals surface area contributed by atoms with Crippen LogP contribution in [0.1, 0.15) is 54.6 Å². The van der Waals surface area contributed by atoms with Crippen molar-refractivity contribution in [1.29, 1.82) is 0 Å². The average Bonchev–Trinajstić information content (AvgIpc) is 3.38. The number of aliphatic hydroxyl groups excluding tert-OH is 1. The van der Waals surface area contributed by atoms with Crippen molar-refractivity contribution in [3.8, 4) is 0 Å². The second kappa shape index (κ2) is 8.71. The molecule has 0 saturated carbocycles. The molecule has 0 spiro atoms. The molecule has 0 bridgehead atoms. The van der Waals surface area contributed by atoms with Crippen LogP contribution >= 0.6 is 11.3 Å². The summed E-state index contributed by atoms with van der Waals surface area (Å²) >= 11 is 1.36. The van der Waals surface area contributed by atoms with Crippen molar-refractivity contribution in [2.24, 2.45) is 0 Å². The van der Waals surface area contributed by atoms with E-state index in [0.29, 0.717) is 10.7 Å². The molecule has 1 amide bonds. The molecule has 4 aromatic rings. The van der Waals surface area contributed by atoms with Gasteiger partial charge >= 0.3 is 5.91 Å². The van der Waals surface area contributed by atoms with Crippen LogP contribution in [0.2, 0.25) is 0 Å². The number of fused-ring (bicyclic) bond motifs is 1. The smallest absolute Gasteiger partial charge is 0.301 e. The molecule has 5 rings (SSSR count). The van der Waals surface area contributed by atoms with Crippen LogP contribution in [0, 0.1) is 13.8 Å². The van der Waals surface area contributed by atoms with Crippen molar-refractivity contribution >= 4 is 44.1 Å². The summed E-state index contributed by atoms with van der Waals surface area (Å²) < 4.78 is 0.922. The van der Waals surface area contributed by atoms with Crippen molar-refractivity contribution < 1.29 is 14.7 Å². The fraction of sp³-hybridized carbons (Fsp3) is 0.233. The number of anilines is 1. The third-order valence-corrected chi connectivity index (χ3v) is 7.71. The van der Waals surface area contributed by atoms with E-state index in [2.05, 4.69) is 25.8 Å². The lowest BCUT2D eigenvalue weighted by molar-refractivity contribution is -0.132. The highest BCUT2D eigenvalue weighted by Crippen LogP contribution is 2.44. The molecular weight excluding hydrogens is 468 g/mol. The molecule has 1 unspecified atom stereocenters. The van der Waals surface area contributed by atoms with Gasteiger partial charge in [0.15, 0.2) is 5.13 Å². The number of carbonyl (C=O) groups is 2. The van der Waals surface area contributed by atoms with Gasteiger partial charge in [0.25, 0.3) is 5.78 Å². The minimum Gasteiger partial charge on any atom is -0.507 e. The van der Waals surface area contributed by atoms with Crippen molar-refractivity contribution in [2.75, 3.05) is 4.90 Å². The summed E-state index contributed by atoms with van der Waals surface area (Å²) in [5, 5.41) is 11.9. The van der Waals surface area contributed by atoms with E-state index in [1.165, 1.54) is 16.2 Å². The number of amides is 1. The number of thiazole rings is 1. The number of ketones is 1. The number of Topliss-reactive ketones (excluding diaryl/α,β-unsaturated/α-hetero) is 1. The summed E-state index contributed by atoms with van der Waals surface area (Å²) in [4.78, 5) is 33.1. The van der Waals surface area contributed by atoms with Gasteiger partial charge in [-0.2, -0.15) is 0 Å². The lowest BCUT2D eigenvalue weighted by Gasteiger charge is -2.25. The van der Waals surface area contributed by atoms with Gasteiger partial charge in [-0.25, -0.2) is 4.98 Å². The van der Waals surface area contributed by atoms with E-state index in [1.54, 1.807) is 0 Å². The third kappa shape index (κ3) is 4.01. The molecule has 1 saturated heterocycles. The lowest BCUT2D eigenvalue weighted by atomic mass is 9.85. The Bertz CT molecular complexity index is 1510. The van der Waals surface area contributed by atoms with Crippen LogP contribution in [0.3, 0.4) is 0 Å². The first-order chi connectivity index (χ1) is 17.1. The van der Waals surface area contributed by atoms with Gasteiger partial charge in [0.05, 0.1) is 21.8 Å². The molecule has 1 fully saturated rings. The fourth-order valence-corrected chi connectivity index (χ4v) is 5.60. The number of hydrogen-bond acceptors (Lipinski definition) is 5. The van der Waals surface area contributed by atoms with Crippen molar-refractivity contribution in [2.45, 2.75) is 46.1 Å². The van der Waals surface area contributed by atoms with E-state index in [-0.39, 0.29) is 16.7 Å². The van der Waals surface area contributed by atoms with E-state index in [0.717, 1.165) is 32.5 Å². The zero-order valence-corrected chi connectivity index (χ0v) is 21.8. The first-order valence-electron chi connectivity index (χ1n) is 11.9. The highest BCUT2D eigenvalue weighted by Gasteiger charge is 2.48. The summed E-state index contributed by atoms with van der Waals surface area (Å²) in [5.41, 5.74) is 5.00. The van der Waals surface area contributed by atoms with Crippen LogP contribution in [0.4, 0.5) is 5.13 Å². The molecular formula is C30H28N2O3S. The summed E-state index contributed by atoms with van der Waals surface area (Å²) in [5.74, 6) is -1.56. The standard InChI is InChI=1S/C30H28N2O3S/c1-17-10-11-18(2)21(16-17)26(33)24-25(19-12-14-20(15-13-19)30(3,4)5)32(28(35)27(24)34)29-31-22-8-6-7-9-23(22)36-29/h6-16,25,33H,1-5H3/b26-24+. The Hall–Kier alpha value is -3.77. The van der Waals surface area contributed by atoms with Gasteiger partial charge in [0.2, 0.25) is 0 Å². The average molecular weight is 497 g/mol. The van der Waals surface area contributed by atoms with E-state index in [4.69, 9.17) is 0 Å². The second-order valence-corrected chi connectivity index (χ2v) is 11.3. The third-order valence-electron chi connectivity index (χ3n) is 6.67. The number of carbonyl (C=O) groups excluding carboxylic acids is 2. The van der Waals surface area contributed by atoms with Crippen molar-refractivity contribution in [1.82, 2.24) is 4.98 Å². The van der Waals surface area contributed by atoms with Gasteiger partial charge in [-0.3, -0.25) is 14.5 Å². The highest BCUT2D eigenvalue weighted by atomic mass is 32.1. The molecule has 1 aliphatic rings. The predicted octanol–water partition coefficient (Wildman–Crippen LogP) is 6.84. The Kier molecular flexibility index (Phi) is 5.80. The Balaban J connectivity index is 1.74. The van der Waals surface area contributed by atoms with Crippen LogP contribution in [-0.4, -0.2) is 21.8 Å². The van der Waals surface area contributed by atoms with Gasteiger partial charge in [-0.15, -0.1) is 0 Å². The van der Waals surface area contributed by atoms with Crippen molar-refractivity contribution in [3.63, 3.8) is 0 Å². The van der Waals surface area contributed by atoms with Gasteiger partial charge in [0, 0.05) is 5.56 Å². The van der Waals surface area contributed by atoms with Gasteiger partial charge < -0.3 is 5.11 Å². The number of aryl methyl sites for hydroxylation is 2. The van der Waals surface area contributed by atoms with E-state index >= 15 is 0 Å². The molecule has 2 heterocycles. The maximum Gasteiger partial charge on any atom is 0.301 e. The monoisotopic (exact) mass is 496 g/mol. The first kappa shape index (κ1) is 23.9. The lowest BCUT2D eigenvalue weighted by Crippen LogP contribution is -2.29. The Morgan fingerprint density at radius 1 is 0.972 bits per heavy atom. The Morgan fingerprint density at radius 3 is 2.33 bits per heavy atom. The molecule has 182 valence electrons. The predicted molar refractivity (Wildman–Crippen MR) is 145 cm³/mol. The number of hydrogen-bond donors (Lipinski definition) is 1. The van der Waals surface area contributed by atoms with Crippen LogP contribution in [-0.2, 0) is 15.0 Å². The highest BCUT2D eigenvalue weighted by molar-refractivity contribution is 7.22. The largest absolute Gasteiger partial charge is 0.507 e. The first-order valence-corrected chi connectivity index (χ1v) is 12.7. The SMILES string of the molecule is Cc1ccc(C)c(/C(O)=C2\C(=O)C(=O)N(c3nc4ccccc4s3)C2c2ccc(C(C)(C)C)cc2)c1. The van der Waals surface area contributed by atoms with Crippen molar-refractivity contribution in [3.05, 3.63) is 100 Å². The van der Waals surface area contributed by atoms with Gasteiger partial charge in [-0.1, -0.05) is 86.2 Å². The maximum absolute atomic E-state index is 13.5. The normalized spacial score (nSPS) is 17.8. The quantitative estimate of drug-likeness (QED) is 0.192. The van der Waals surface area contributed by atoms with Gasteiger partial charge in [0.1, 0.15) is 5.76 Å². The molecule has 1 aliphatic heterocycles. The molecule has 1 atom stereocenters. The Labute approximate surface area is 214 Å². The zero-order chi connectivity index (χ0) is 25.8. The number of aromatic nitrogens is 1. The van der Waals surface area contributed by atoms with E-state index in [1.807, 2.05) is 80.6 Å². The zero-order valence-electron chi connectivity index (χ0n) is 21.0. The molecule has 3 aromatic carbocycles. The fourth-order valence-electron chi connectivity index (χ4n) is 4.61.